The van der Waals surface area contributed by atoms with Crippen LogP contribution in [0.3, 0.4) is 0 Å². The highest BCUT2D eigenvalue weighted by molar-refractivity contribution is 5.78. The van der Waals surface area contributed by atoms with Crippen LogP contribution in [0.4, 0.5) is 5.95 Å². The summed E-state index contributed by atoms with van der Waals surface area (Å²) in [4.78, 5) is 44.6. The Balaban J connectivity index is 2.08. The van der Waals surface area contributed by atoms with Gasteiger partial charge in [0.05, 0.1) is 18.7 Å². The summed E-state index contributed by atoms with van der Waals surface area (Å²) in [5.41, 5.74) is 0.241. The van der Waals surface area contributed by atoms with Gasteiger partial charge in [0, 0.05) is 33.2 Å². The molecule has 0 radical (unpaired) electrons. The van der Waals surface area contributed by atoms with Crippen LogP contribution in [0.15, 0.2) is 33.9 Å². The molecule has 1 fully saturated rings. The Labute approximate surface area is 183 Å². The summed E-state index contributed by atoms with van der Waals surface area (Å²) in [5.74, 6) is 5.40. The van der Waals surface area contributed by atoms with Gasteiger partial charge in [-0.25, -0.2) is 9.36 Å². The number of nitrogens with zero attached hydrogens (tertiary/aromatic N) is 5. The zero-order valence-electron chi connectivity index (χ0n) is 18.0. The number of carboxylic acids is 1. The highest BCUT2D eigenvalue weighted by atomic mass is 16.4. The second kappa shape index (κ2) is 8.72. The Morgan fingerprint density at radius 3 is 2.62 bits per heavy atom. The van der Waals surface area contributed by atoms with Crippen molar-refractivity contribution in [1.82, 2.24) is 24.0 Å². The third-order valence-electron chi connectivity index (χ3n) is 5.51. The molecule has 32 heavy (non-hydrogen) atoms. The molecule has 10 heteroatoms. The van der Waals surface area contributed by atoms with Crippen LogP contribution in [0.25, 0.3) is 16.9 Å². The van der Waals surface area contributed by atoms with E-state index in [0.29, 0.717) is 30.3 Å². The molecule has 10 nitrogen and oxygen atoms in total. The van der Waals surface area contributed by atoms with E-state index in [-0.39, 0.29) is 24.1 Å². The first kappa shape index (κ1) is 21.4. The number of rotatable bonds is 5. The van der Waals surface area contributed by atoms with Crippen molar-refractivity contribution in [1.29, 1.82) is 0 Å². The number of hydrogen-bond donors (Lipinski definition) is 2. The van der Waals surface area contributed by atoms with Gasteiger partial charge in [-0.3, -0.25) is 18.7 Å². The first-order chi connectivity index (χ1) is 15.4. The average molecular weight is 436 g/mol. The van der Waals surface area contributed by atoms with Crippen LogP contribution in [0.5, 0.6) is 0 Å². The largest absolute Gasteiger partial charge is 0.481 e. The van der Waals surface area contributed by atoms with E-state index < -0.39 is 17.2 Å². The van der Waals surface area contributed by atoms with Gasteiger partial charge in [0.1, 0.15) is 0 Å². The zero-order valence-corrected chi connectivity index (χ0v) is 18.0. The topological polar surface area (TPSA) is 114 Å². The number of hydrogen-bond acceptors (Lipinski definition) is 6. The smallest absolute Gasteiger partial charge is 0.337 e. The van der Waals surface area contributed by atoms with Crippen molar-refractivity contribution in [3.8, 4) is 17.5 Å². The lowest BCUT2D eigenvalue weighted by Crippen LogP contribution is -2.44. The molecule has 0 saturated carbocycles. The minimum absolute atomic E-state index is 0.197. The Kier molecular flexibility index (Phi) is 5.83. The number of carboxylic acid groups (broad SMARTS) is 1. The number of nitrogens with one attached hydrogen (secondary N) is 1. The van der Waals surface area contributed by atoms with Crippen LogP contribution in [0.1, 0.15) is 12.5 Å². The number of piperazine rings is 1. The number of imidazole rings is 1. The lowest BCUT2D eigenvalue weighted by Gasteiger charge is -2.28. The van der Waals surface area contributed by atoms with Gasteiger partial charge in [0.25, 0.3) is 5.56 Å². The molecule has 3 heterocycles. The first-order valence-electron chi connectivity index (χ1n) is 10.3. The highest BCUT2D eigenvalue weighted by Crippen LogP contribution is 2.23. The molecule has 2 aromatic heterocycles. The van der Waals surface area contributed by atoms with E-state index in [2.05, 4.69) is 22.1 Å². The number of aromatic nitrogens is 4. The molecule has 1 aliphatic heterocycles. The van der Waals surface area contributed by atoms with Crippen LogP contribution in [-0.2, 0) is 24.8 Å². The minimum Gasteiger partial charge on any atom is -0.481 e. The number of fused-ring (bicyclic) bond motifs is 1. The predicted molar refractivity (Wildman–Crippen MR) is 120 cm³/mol. The van der Waals surface area contributed by atoms with E-state index in [0.717, 1.165) is 17.7 Å². The number of aliphatic carboxylic acids is 1. The van der Waals surface area contributed by atoms with Crippen molar-refractivity contribution in [2.24, 2.45) is 7.05 Å². The van der Waals surface area contributed by atoms with Gasteiger partial charge in [-0.15, -0.1) is 5.92 Å². The molecule has 1 aromatic carbocycles. The van der Waals surface area contributed by atoms with Crippen LogP contribution in [0, 0.1) is 11.8 Å². The average Bonchev–Trinajstić information content (AvgIpc) is 3.16. The second-order valence-electron chi connectivity index (χ2n) is 7.52. The maximum absolute atomic E-state index is 13.2. The molecule has 2 N–H and O–H groups in total. The van der Waals surface area contributed by atoms with Crippen molar-refractivity contribution < 1.29 is 9.90 Å². The van der Waals surface area contributed by atoms with Gasteiger partial charge in [0.15, 0.2) is 11.2 Å². The lowest BCUT2D eigenvalue weighted by atomic mass is 10.1. The van der Waals surface area contributed by atoms with Gasteiger partial charge in [-0.1, -0.05) is 24.1 Å². The molecule has 0 aliphatic carbocycles. The number of para-hydroxylation sites is 1. The summed E-state index contributed by atoms with van der Waals surface area (Å²) in [5, 5.41) is 12.6. The summed E-state index contributed by atoms with van der Waals surface area (Å²) in [7, 11) is 1.41. The SMILES string of the molecule is CC#CCn1c(N2CCNCC2)nc2c1c(=O)n(C)c(=O)n2-c1ccccc1CC(=O)O. The quantitative estimate of drug-likeness (QED) is 0.539. The van der Waals surface area contributed by atoms with E-state index in [1.807, 2.05) is 0 Å². The highest BCUT2D eigenvalue weighted by Gasteiger charge is 2.25. The summed E-state index contributed by atoms with van der Waals surface area (Å²) in [6.07, 6.45) is -0.264. The van der Waals surface area contributed by atoms with E-state index in [1.165, 1.54) is 11.6 Å². The van der Waals surface area contributed by atoms with Crippen LogP contribution >= 0.6 is 0 Å². The van der Waals surface area contributed by atoms with Gasteiger partial charge in [-0.2, -0.15) is 4.98 Å². The molecular formula is C22H24N6O4. The Morgan fingerprint density at radius 2 is 1.94 bits per heavy atom. The van der Waals surface area contributed by atoms with Crippen molar-refractivity contribution >= 4 is 23.1 Å². The van der Waals surface area contributed by atoms with Gasteiger partial charge < -0.3 is 15.3 Å². The molecule has 4 rings (SSSR count). The molecule has 0 unspecified atom stereocenters. The molecule has 0 spiro atoms. The lowest BCUT2D eigenvalue weighted by molar-refractivity contribution is -0.136. The molecule has 1 saturated heterocycles. The third kappa shape index (κ3) is 3.67. The normalized spacial score (nSPS) is 13.8. The number of carbonyl (C=O) groups is 1. The van der Waals surface area contributed by atoms with Crippen LogP contribution in [-0.4, -0.2) is 55.9 Å². The summed E-state index contributed by atoms with van der Waals surface area (Å²) >= 11 is 0. The molecule has 166 valence electrons. The van der Waals surface area contributed by atoms with Crippen LogP contribution in [0.2, 0.25) is 0 Å². The first-order valence-corrected chi connectivity index (χ1v) is 10.3. The monoisotopic (exact) mass is 436 g/mol. The Morgan fingerprint density at radius 1 is 1.22 bits per heavy atom. The fraction of sp³-hybridized carbons (Fsp3) is 0.364. The Bertz CT molecular complexity index is 1370. The van der Waals surface area contributed by atoms with Gasteiger partial charge in [-0.05, 0) is 18.6 Å². The van der Waals surface area contributed by atoms with Crippen LogP contribution < -0.4 is 21.5 Å². The predicted octanol–water partition coefficient (Wildman–Crippen LogP) is -0.0541. The Hall–Kier alpha value is -3.84. The fourth-order valence-corrected chi connectivity index (χ4v) is 3.95. The molecule has 0 bridgehead atoms. The van der Waals surface area contributed by atoms with Crippen molar-refractivity contribution in [3.05, 3.63) is 50.7 Å². The summed E-state index contributed by atoms with van der Waals surface area (Å²) < 4.78 is 4.10. The molecular weight excluding hydrogens is 412 g/mol. The van der Waals surface area contributed by atoms with Gasteiger partial charge >= 0.3 is 11.7 Å². The molecule has 0 amide bonds. The van der Waals surface area contributed by atoms with Gasteiger partial charge in [0.2, 0.25) is 5.95 Å². The van der Waals surface area contributed by atoms with E-state index >= 15 is 0 Å². The van der Waals surface area contributed by atoms with E-state index in [4.69, 9.17) is 4.98 Å². The molecule has 0 atom stereocenters. The maximum atomic E-state index is 13.2. The minimum atomic E-state index is -1.02. The van der Waals surface area contributed by atoms with Crippen molar-refractivity contribution in [3.63, 3.8) is 0 Å². The van der Waals surface area contributed by atoms with E-state index in [1.54, 1.807) is 35.8 Å². The molecule has 1 aliphatic rings. The van der Waals surface area contributed by atoms with Crippen molar-refractivity contribution in [2.45, 2.75) is 19.9 Å². The summed E-state index contributed by atoms with van der Waals surface area (Å²) in [6.45, 7) is 4.91. The van der Waals surface area contributed by atoms with E-state index in [9.17, 15) is 19.5 Å². The maximum Gasteiger partial charge on any atom is 0.337 e. The molecule has 3 aromatic rings. The number of benzene rings is 1. The second-order valence-corrected chi connectivity index (χ2v) is 7.52. The summed E-state index contributed by atoms with van der Waals surface area (Å²) in [6, 6.07) is 6.76. The standard InChI is InChI=1S/C22H24N6O4/c1-3-4-11-27-18-19(24-21(27)26-12-9-23-10-13-26)28(22(32)25(2)20(18)31)16-8-6-5-7-15(16)14-17(29)30/h5-8,23H,9-14H2,1-2H3,(H,29,30). The number of anilines is 1. The van der Waals surface area contributed by atoms with Crippen molar-refractivity contribution in [2.75, 3.05) is 31.1 Å². The zero-order chi connectivity index (χ0) is 22.8. The fourth-order valence-electron chi connectivity index (χ4n) is 3.95. The third-order valence-corrected chi connectivity index (χ3v) is 5.51.